The lowest BCUT2D eigenvalue weighted by Gasteiger charge is -2.31. The highest BCUT2D eigenvalue weighted by Crippen LogP contribution is 2.59. The first-order valence-electron chi connectivity index (χ1n) is 11.3. The Morgan fingerprint density at radius 1 is 1.19 bits per heavy atom. The third kappa shape index (κ3) is 1.99. The van der Waals surface area contributed by atoms with Crippen LogP contribution in [0.5, 0.6) is 0 Å². The number of hydrogen-bond donors (Lipinski definition) is 2. The van der Waals surface area contributed by atoms with Crippen LogP contribution in [0.2, 0.25) is 0 Å². The van der Waals surface area contributed by atoms with E-state index >= 15 is 0 Å². The van der Waals surface area contributed by atoms with Crippen molar-refractivity contribution in [1.29, 1.82) is 0 Å². The lowest BCUT2D eigenvalue weighted by molar-refractivity contribution is -0.172. The number of cyclic esters (lactones) is 1. The fraction of sp³-hybridized carbons (Fsp3) is 0.400. The van der Waals surface area contributed by atoms with Crippen LogP contribution in [0, 0.1) is 0 Å². The maximum Gasteiger partial charge on any atom is 0.343 e. The van der Waals surface area contributed by atoms with Crippen LogP contribution in [-0.2, 0) is 40.1 Å². The second-order valence-electron chi connectivity index (χ2n) is 9.72. The number of rotatable bonds is 1. The Morgan fingerprint density at radius 2 is 2.00 bits per heavy atom. The number of aryl methyl sites for hydroxylation is 1. The van der Waals surface area contributed by atoms with Gasteiger partial charge in [0.25, 0.3) is 5.56 Å². The van der Waals surface area contributed by atoms with Crippen LogP contribution in [0.1, 0.15) is 60.4 Å². The summed E-state index contributed by atoms with van der Waals surface area (Å²) in [6, 6.07) is 5.68. The van der Waals surface area contributed by atoms with Gasteiger partial charge in [0, 0.05) is 22.2 Å². The number of carbonyl (C=O) groups excluding carboxylic acids is 1. The molecule has 0 bridgehead atoms. The van der Waals surface area contributed by atoms with Crippen molar-refractivity contribution in [2.24, 2.45) is 0 Å². The fourth-order valence-corrected chi connectivity index (χ4v) is 6.25. The number of nitrogens with zero attached hydrogens (tertiary/aromatic N) is 2. The van der Waals surface area contributed by atoms with E-state index in [2.05, 4.69) is 0 Å². The molecule has 7 heteroatoms. The van der Waals surface area contributed by atoms with Gasteiger partial charge in [-0.25, -0.2) is 9.78 Å². The van der Waals surface area contributed by atoms with Crippen LogP contribution in [0.15, 0.2) is 23.0 Å². The Labute approximate surface area is 183 Å². The number of ether oxygens (including phenoxy) is 1. The van der Waals surface area contributed by atoms with Gasteiger partial charge >= 0.3 is 5.97 Å². The monoisotopic (exact) mass is 429 g/mol. The van der Waals surface area contributed by atoms with Crippen LogP contribution in [0.25, 0.3) is 22.3 Å². The van der Waals surface area contributed by atoms with Crippen molar-refractivity contribution in [3.63, 3.8) is 0 Å². The number of hydrogen-bond acceptors (Lipinski definition) is 6. The van der Waals surface area contributed by atoms with Crippen LogP contribution in [0.4, 0.5) is 5.69 Å². The third-order valence-corrected chi connectivity index (χ3v) is 8.24. The minimum atomic E-state index is -1.81. The van der Waals surface area contributed by atoms with Gasteiger partial charge in [-0.3, -0.25) is 4.79 Å². The number of aromatic nitrogens is 2. The number of benzene rings is 1. The Hall–Kier alpha value is -3.19. The van der Waals surface area contributed by atoms with Gasteiger partial charge in [-0.1, -0.05) is 6.92 Å². The van der Waals surface area contributed by atoms with Gasteiger partial charge < -0.3 is 20.1 Å². The van der Waals surface area contributed by atoms with Crippen molar-refractivity contribution in [2.75, 3.05) is 5.73 Å². The van der Waals surface area contributed by atoms with Crippen LogP contribution in [0.3, 0.4) is 0 Å². The van der Waals surface area contributed by atoms with Gasteiger partial charge in [0.05, 0.1) is 29.0 Å². The summed E-state index contributed by atoms with van der Waals surface area (Å²) in [7, 11) is 0. The second-order valence-corrected chi connectivity index (χ2v) is 9.72. The highest BCUT2D eigenvalue weighted by molar-refractivity contribution is 5.96. The lowest BCUT2D eigenvalue weighted by Crippen LogP contribution is -2.44. The van der Waals surface area contributed by atoms with Gasteiger partial charge in [-0.2, -0.15) is 0 Å². The molecule has 4 heterocycles. The Bertz CT molecular complexity index is 1470. The predicted octanol–water partition coefficient (Wildman–Crippen LogP) is 2.64. The maximum absolute atomic E-state index is 13.5. The molecule has 2 aromatic heterocycles. The number of nitrogens with two attached hydrogens (primary N) is 1. The Kier molecular flexibility index (Phi) is 3.21. The number of nitrogen functional groups attached to an aromatic ring is 1. The average Bonchev–Trinajstić information content (AvgIpc) is 3.46. The van der Waals surface area contributed by atoms with E-state index in [4.69, 9.17) is 15.5 Å². The standard InChI is InChI=1S/C25H23N3O4/c1-2-25(31)15-9-18-21-13(10-28(18)22(29)14(15)11-32-23(25)30)20-19-12(5-6-24(20)7-8-24)16(26)3-4-17(19)27-21/h3-4,9,31H,2,5-8,10-11,26H2,1H3/t25-/m0/s1. The molecular weight excluding hydrogens is 406 g/mol. The Morgan fingerprint density at radius 3 is 2.75 bits per heavy atom. The molecule has 1 saturated carbocycles. The zero-order valence-corrected chi connectivity index (χ0v) is 17.8. The first-order valence-corrected chi connectivity index (χ1v) is 11.3. The van der Waals surface area contributed by atoms with Crippen molar-refractivity contribution in [1.82, 2.24) is 9.55 Å². The molecule has 1 fully saturated rings. The minimum absolute atomic E-state index is 0.112. The van der Waals surface area contributed by atoms with E-state index in [1.807, 2.05) is 12.1 Å². The van der Waals surface area contributed by atoms with Crippen molar-refractivity contribution in [3.05, 3.63) is 56.4 Å². The van der Waals surface area contributed by atoms with E-state index in [0.717, 1.165) is 48.1 Å². The molecule has 1 atom stereocenters. The highest BCUT2D eigenvalue weighted by atomic mass is 16.6. The molecule has 0 amide bonds. The first-order chi connectivity index (χ1) is 15.4. The molecule has 32 heavy (non-hydrogen) atoms. The van der Waals surface area contributed by atoms with Crippen LogP contribution in [-0.4, -0.2) is 20.6 Å². The molecule has 2 aliphatic heterocycles. The molecule has 0 unspecified atom stereocenters. The van der Waals surface area contributed by atoms with Crippen molar-refractivity contribution >= 4 is 22.6 Å². The smallest absolute Gasteiger partial charge is 0.343 e. The molecule has 2 aliphatic carbocycles. The van der Waals surface area contributed by atoms with E-state index < -0.39 is 11.6 Å². The summed E-state index contributed by atoms with van der Waals surface area (Å²) in [5, 5.41) is 12.3. The summed E-state index contributed by atoms with van der Waals surface area (Å²) >= 11 is 0. The molecule has 162 valence electrons. The van der Waals surface area contributed by atoms with Crippen LogP contribution < -0.4 is 11.3 Å². The quantitative estimate of drug-likeness (QED) is 0.356. The fourth-order valence-electron chi connectivity index (χ4n) is 6.25. The molecule has 1 spiro atoms. The van der Waals surface area contributed by atoms with Gasteiger partial charge in [-0.05, 0) is 66.8 Å². The SMILES string of the molecule is CC[C@@]1(O)C(=O)OCc2c1cc1n(c2=O)Cc2c-1nc1ccc(N)c3c1c2C1(CC3)CC1. The predicted molar refractivity (Wildman–Crippen MR) is 118 cm³/mol. The summed E-state index contributed by atoms with van der Waals surface area (Å²) < 4.78 is 6.92. The van der Waals surface area contributed by atoms with Gasteiger partial charge in [-0.15, -0.1) is 0 Å². The first kappa shape index (κ1) is 18.4. The van der Waals surface area contributed by atoms with E-state index in [0.29, 0.717) is 23.4 Å². The minimum Gasteiger partial charge on any atom is -0.458 e. The van der Waals surface area contributed by atoms with E-state index in [9.17, 15) is 14.7 Å². The molecule has 3 aromatic rings. The number of anilines is 1. The summed E-state index contributed by atoms with van der Waals surface area (Å²) in [4.78, 5) is 30.9. The van der Waals surface area contributed by atoms with Crippen molar-refractivity contribution in [2.45, 2.75) is 63.2 Å². The van der Waals surface area contributed by atoms with Crippen molar-refractivity contribution < 1.29 is 14.6 Å². The zero-order valence-electron chi connectivity index (χ0n) is 17.8. The number of pyridine rings is 2. The molecule has 0 saturated heterocycles. The van der Waals surface area contributed by atoms with Crippen molar-refractivity contribution in [3.8, 4) is 11.4 Å². The largest absolute Gasteiger partial charge is 0.458 e. The molecular formula is C25H23N3O4. The zero-order chi connectivity index (χ0) is 22.0. The molecule has 1 aromatic carbocycles. The van der Waals surface area contributed by atoms with Gasteiger partial charge in [0.2, 0.25) is 0 Å². The average molecular weight is 429 g/mol. The number of aliphatic hydroxyl groups is 1. The molecule has 0 radical (unpaired) electrons. The van der Waals surface area contributed by atoms with Gasteiger partial charge in [0.15, 0.2) is 5.60 Å². The normalized spacial score (nSPS) is 23.6. The van der Waals surface area contributed by atoms with Crippen LogP contribution >= 0.6 is 0 Å². The second kappa shape index (κ2) is 5.59. The number of fused-ring (bicyclic) bond motifs is 6. The molecule has 4 aliphatic rings. The summed E-state index contributed by atoms with van der Waals surface area (Å²) in [5.41, 5.74) is 11.9. The number of esters is 1. The number of carbonyl (C=O) groups is 1. The molecule has 7 rings (SSSR count). The van der Waals surface area contributed by atoms with E-state index in [1.165, 1.54) is 16.5 Å². The summed E-state index contributed by atoms with van der Waals surface area (Å²) in [5.74, 6) is -0.700. The Balaban J connectivity index is 1.57. The van der Waals surface area contributed by atoms with Gasteiger partial charge in [0.1, 0.15) is 6.61 Å². The maximum atomic E-state index is 13.5. The lowest BCUT2D eigenvalue weighted by atomic mass is 9.77. The molecule has 3 N–H and O–H groups in total. The summed E-state index contributed by atoms with van der Waals surface area (Å²) in [6.45, 7) is 2.05. The molecule has 7 nitrogen and oxygen atoms in total. The topological polar surface area (TPSA) is 107 Å². The van der Waals surface area contributed by atoms with E-state index in [-0.39, 0.29) is 24.0 Å². The third-order valence-electron chi connectivity index (χ3n) is 8.24. The summed E-state index contributed by atoms with van der Waals surface area (Å²) in [6.07, 6.45) is 4.45. The van der Waals surface area contributed by atoms with E-state index in [1.54, 1.807) is 17.6 Å². The highest BCUT2D eigenvalue weighted by Gasteiger charge is 2.51.